The zero-order valence-electron chi connectivity index (χ0n) is 17.7. The molecule has 0 aromatic rings. The van der Waals surface area contributed by atoms with Crippen LogP contribution in [0.4, 0.5) is 4.39 Å². The summed E-state index contributed by atoms with van der Waals surface area (Å²) in [4.78, 5) is 36.1. The molecule has 6 atom stereocenters. The Kier molecular flexibility index (Phi) is 4.92. The number of hydrogen-bond donors (Lipinski definition) is 1. The van der Waals surface area contributed by atoms with Gasteiger partial charge in [-0.3, -0.25) is 14.4 Å². The van der Waals surface area contributed by atoms with E-state index >= 15 is 4.39 Å². The molecule has 0 spiro atoms. The number of rotatable bonds is 4. The molecule has 0 aromatic carbocycles. The number of aliphatic hydroxyl groups excluding tert-OH is 1. The molecule has 162 valence electrons. The second-order valence-electron chi connectivity index (χ2n) is 9.56. The molecule has 4 aliphatic carbocycles. The van der Waals surface area contributed by atoms with E-state index in [9.17, 15) is 19.5 Å². The van der Waals surface area contributed by atoms with Gasteiger partial charge in [-0.15, -0.1) is 0 Å². The molecule has 0 amide bonds. The summed E-state index contributed by atoms with van der Waals surface area (Å²) >= 11 is 0. The predicted octanol–water partition coefficient (Wildman–Crippen LogP) is 3.42. The van der Waals surface area contributed by atoms with Gasteiger partial charge < -0.3 is 9.84 Å². The van der Waals surface area contributed by atoms with Crippen molar-refractivity contribution in [1.82, 2.24) is 0 Å². The van der Waals surface area contributed by atoms with Crippen molar-refractivity contribution in [3.63, 3.8) is 0 Å². The Hall–Kier alpha value is -2.08. The molecule has 1 N–H and O–H groups in total. The summed E-state index contributed by atoms with van der Waals surface area (Å²) in [6.45, 7) is 5.04. The summed E-state index contributed by atoms with van der Waals surface area (Å²) in [5.74, 6) is -1.42. The smallest absolute Gasteiger partial charge is 0.305 e. The lowest BCUT2D eigenvalue weighted by Crippen LogP contribution is -2.66. The predicted molar refractivity (Wildman–Crippen MR) is 108 cm³/mol. The van der Waals surface area contributed by atoms with Gasteiger partial charge in [0.25, 0.3) is 0 Å². The number of ketones is 2. The fraction of sp³-hybridized carbons (Fsp3) is 0.625. The molecular formula is C24H29FO5. The molecule has 0 saturated heterocycles. The van der Waals surface area contributed by atoms with E-state index in [1.165, 1.54) is 12.2 Å². The zero-order chi connectivity index (χ0) is 21.9. The van der Waals surface area contributed by atoms with Crippen molar-refractivity contribution in [3.05, 3.63) is 35.5 Å². The Labute approximate surface area is 176 Å². The van der Waals surface area contributed by atoms with Crippen molar-refractivity contribution in [1.29, 1.82) is 0 Å². The van der Waals surface area contributed by atoms with Crippen molar-refractivity contribution in [2.75, 3.05) is 6.61 Å². The van der Waals surface area contributed by atoms with Crippen molar-refractivity contribution in [2.45, 2.75) is 64.6 Å². The number of carbonyl (C=O) groups is 3. The third-order valence-electron chi connectivity index (χ3n) is 8.18. The molecule has 4 aliphatic rings. The molecule has 5 nitrogen and oxygen atoms in total. The minimum Gasteiger partial charge on any atom is -0.457 e. The third-order valence-corrected chi connectivity index (χ3v) is 8.18. The van der Waals surface area contributed by atoms with E-state index in [-0.39, 0.29) is 36.9 Å². The van der Waals surface area contributed by atoms with Crippen molar-refractivity contribution >= 4 is 17.5 Å². The molecular weight excluding hydrogens is 387 g/mol. The average molecular weight is 416 g/mol. The van der Waals surface area contributed by atoms with E-state index < -0.39 is 34.5 Å². The Morgan fingerprint density at radius 3 is 2.73 bits per heavy atom. The number of hydrogen-bond acceptors (Lipinski definition) is 5. The van der Waals surface area contributed by atoms with Gasteiger partial charge in [-0.2, -0.15) is 0 Å². The fourth-order valence-electron chi connectivity index (χ4n) is 6.54. The molecule has 2 saturated carbocycles. The third kappa shape index (κ3) is 2.72. The quantitative estimate of drug-likeness (QED) is 0.711. The first-order valence-electron chi connectivity index (χ1n) is 10.8. The van der Waals surface area contributed by atoms with Crippen LogP contribution in [0, 0.1) is 22.7 Å². The van der Waals surface area contributed by atoms with Crippen LogP contribution < -0.4 is 0 Å². The molecule has 2 fully saturated rings. The Bertz CT molecular complexity index is 901. The highest BCUT2D eigenvalue weighted by Crippen LogP contribution is 2.67. The van der Waals surface area contributed by atoms with Gasteiger partial charge in [-0.05, 0) is 50.7 Å². The van der Waals surface area contributed by atoms with E-state index in [1.54, 1.807) is 19.9 Å². The lowest BCUT2D eigenvalue weighted by Gasteiger charge is -2.61. The van der Waals surface area contributed by atoms with Crippen LogP contribution in [-0.2, 0) is 19.1 Å². The summed E-state index contributed by atoms with van der Waals surface area (Å²) in [6.07, 6.45) is 7.11. The summed E-state index contributed by atoms with van der Waals surface area (Å²) in [5.41, 5.74) is -2.32. The first-order valence-corrected chi connectivity index (χ1v) is 10.8. The number of esters is 1. The second-order valence-corrected chi connectivity index (χ2v) is 9.56. The van der Waals surface area contributed by atoms with Gasteiger partial charge in [0, 0.05) is 28.7 Å². The molecule has 0 radical (unpaired) electrons. The van der Waals surface area contributed by atoms with Gasteiger partial charge in [0.2, 0.25) is 0 Å². The van der Waals surface area contributed by atoms with Crippen molar-refractivity contribution in [3.8, 4) is 0 Å². The number of halogens is 1. The van der Waals surface area contributed by atoms with E-state index in [2.05, 4.69) is 0 Å². The van der Waals surface area contributed by atoms with E-state index in [0.717, 1.165) is 5.57 Å². The normalized spacial score (nSPS) is 41.9. The van der Waals surface area contributed by atoms with E-state index in [1.807, 2.05) is 13.0 Å². The topological polar surface area (TPSA) is 80.7 Å². The van der Waals surface area contributed by atoms with Crippen LogP contribution in [0.15, 0.2) is 35.5 Å². The largest absolute Gasteiger partial charge is 0.457 e. The van der Waals surface area contributed by atoms with E-state index in [0.29, 0.717) is 24.8 Å². The molecule has 0 aliphatic heterocycles. The molecule has 6 heteroatoms. The van der Waals surface area contributed by atoms with Crippen LogP contribution in [-0.4, -0.2) is 41.0 Å². The Morgan fingerprint density at radius 1 is 1.30 bits per heavy atom. The Balaban J connectivity index is 1.65. The van der Waals surface area contributed by atoms with Crippen LogP contribution in [0.3, 0.4) is 0 Å². The van der Waals surface area contributed by atoms with Crippen LogP contribution in [0.25, 0.3) is 0 Å². The van der Waals surface area contributed by atoms with Gasteiger partial charge in [0.05, 0.1) is 6.10 Å². The number of ether oxygens (including phenoxy) is 1. The summed E-state index contributed by atoms with van der Waals surface area (Å²) in [7, 11) is 0. The van der Waals surface area contributed by atoms with Gasteiger partial charge in [-0.1, -0.05) is 31.6 Å². The number of fused-ring (bicyclic) bond motifs is 5. The highest BCUT2D eigenvalue weighted by Gasteiger charge is 2.69. The van der Waals surface area contributed by atoms with Crippen LogP contribution in [0.2, 0.25) is 0 Å². The number of allylic oxidation sites excluding steroid dienone is 5. The monoisotopic (exact) mass is 416 g/mol. The van der Waals surface area contributed by atoms with Gasteiger partial charge in [0.1, 0.15) is 0 Å². The summed E-state index contributed by atoms with van der Waals surface area (Å²) in [6, 6.07) is 0. The molecule has 0 bridgehead atoms. The van der Waals surface area contributed by atoms with Crippen LogP contribution in [0.1, 0.15) is 52.9 Å². The molecule has 0 aromatic heterocycles. The first kappa shape index (κ1) is 21.2. The SMILES string of the molecule is CCC(=O)OCC(=O)C1=CC[C@@H]2[C@@H]3CCC4=CC(=O)C=C[C@]4(C)[C@@]3(F)[C@@H](O)C[C@]12C. The zero-order valence-corrected chi connectivity index (χ0v) is 17.7. The van der Waals surface area contributed by atoms with Crippen LogP contribution in [0.5, 0.6) is 0 Å². The first-order chi connectivity index (χ1) is 14.1. The number of Topliss-reactive ketones (excluding diaryl/α,β-unsaturated/α-hetero) is 1. The maximum absolute atomic E-state index is 16.9. The van der Waals surface area contributed by atoms with Gasteiger partial charge in [-0.25, -0.2) is 4.39 Å². The fourth-order valence-corrected chi connectivity index (χ4v) is 6.54. The number of aliphatic hydroxyl groups is 1. The maximum Gasteiger partial charge on any atom is 0.305 e. The average Bonchev–Trinajstić information content (AvgIpc) is 3.04. The lowest BCUT2D eigenvalue weighted by molar-refractivity contribution is -0.185. The summed E-state index contributed by atoms with van der Waals surface area (Å²) in [5, 5.41) is 11.2. The van der Waals surface area contributed by atoms with Crippen molar-refractivity contribution < 1.29 is 28.6 Å². The van der Waals surface area contributed by atoms with E-state index in [4.69, 9.17) is 4.74 Å². The number of alkyl halides is 1. The standard InChI is InChI=1S/C24H29FO5/c1-4-21(29)30-13-19(27)18-8-7-16-17-6-5-14-11-15(26)9-10-23(14,3)24(17,25)20(28)12-22(16,18)2/h8-11,16-17,20,28H,4-7,12-13H2,1-3H3/t16-,17+,20+,22+,23+,24+/m1/s1. The molecule has 4 rings (SSSR count). The maximum atomic E-state index is 16.9. The highest BCUT2D eigenvalue weighted by molar-refractivity contribution is 6.01. The molecule has 0 unspecified atom stereocenters. The lowest BCUT2D eigenvalue weighted by atomic mass is 9.45. The highest BCUT2D eigenvalue weighted by atomic mass is 19.1. The second kappa shape index (κ2) is 6.98. The Morgan fingerprint density at radius 2 is 2.03 bits per heavy atom. The van der Waals surface area contributed by atoms with Crippen molar-refractivity contribution in [2.24, 2.45) is 22.7 Å². The van der Waals surface area contributed by atoms with Gasteiger partial charge in [0.15, 0.2) is 23.8 Å². The minimum atomic E-state index is -1.90. The van der Waals surface area contributed by atoms with Gasteiger partial charge >= 0.3 is 5.97 Å². The summed E-state index contributed by atoms with van der Waals surface area (Å²) < 4.78 is 21.9. The minimum absolute atomic E-state index is 0.120. The molecule has 30 heavy (non-hydrogen) atoms. The van der Waals surface area contributed by atoms with Crippen LogP contribution >= 0.6 is 0 Å². The molecule has 0 heterocycles. The number of carbonyl (C=O) groups excluding carboxylic acids is 3.